The molecule has 2 heterocycles. The first-order valence-electron chi connectivity index (χ1n) is 23.9. The first-order valence-corrected chi connectivity index (χ1v) is 23.9. The van der Waals surface area contributed by atoms with Crippen LogP contribution in [0.3, 0.4) is 0 Å². The molecule has 0 saturated carbocycles. The lowest BCUT2D eigenvalue weighted by Gasteiger charge is -2.25. The van der Waals surface area contributed by atoms with Gasteiger partial charge in [-0.05, 0) is 98.1 Å². The Balaban J connectivity index is 0.762. The third-order valence-electron chi connectivity index (χ3n) is 13.9. The number of nitrogens with zero attached hydrogens (tertiary/aromatic N) is 1. The van der Waals surface area contributed by atoms with Crippen molar-refractivity contribution < 1.29 is 8.83 Å². The summed E-state index contributed by atoms with van der Waals surface area (Å²) in [4.78, 5) is 2.28. The maximum Gasteiger partial charge on any atom is 0.159 e. The Bertz CT molecular complexity index is 3700. The van der Waals surface area contributed by atoms with Crippen molar-refractivity contribution in [3.63, 3.8) is 0 Å². The molecule has 0 saturated heterocycles. The first-order chi connectivity index (χ1) is 34.7. The molecule has 0 aliphatic heterocycles. The summed E-state index contributed by atoms with van der Waals surface area (Å²) in [5, 5.41) is 4.51. The summed E-state index contributed by atoms with van der Waals surface area (Å²) >= 11 is 0. The van der Waals surface area contributed by atoms with Crippen molar-refractivity contribution >= 4 is 60.9 Å². The molecular weight excluding hydrogens is 851 g/mol. The number of benzene rings is 11. The summed E-state index contributed by atoms with van der Waals surface area (Å²) < 4.78 is 13.1. The van der Waals surface area contributed by atoms with E-state index in [1.807, 2.05) is 18.2 Å². The number of fused-ring (bicyclic) bond motifs is 6. The van der Waals surface area contributed by atoms with Crippen molar-refractivity contribution in [2.45, 2.75) is 5.92 Å². The van der Waals surface area contributed by atoms with E-state index in [2.05, 4.69) is 254 Å². The second-order valence-electron chi connectivity index (χ2n) is 18.0. The van der Waals surface area contributed by atoms with Crippen molar-refractivity contribution in [1.82, 2.24) is 0 Å². The third kappa shape index (κ3) is 7.33. The molecule has 3 heteroatoms. The zero-order valence-electron chi connectivity index (χ0n) is 38.2. The van der Waals surface area contributed by atoms with E-state index >= 15 is 0 Å². The quantitative estimate of drug-likeness (QED) is 0.128. The topological polar surface area (TPSA) is 29.5 Å². The van der Waals surface area contributed by atoms with Crippen LogP contribution in [-0.4, -0.2) is 0 Å². The molecule has 13 rings (SSSR count). The van der Waals surface area contributed by atoms with Crippen LogP contribution in [0.25, 0.3) is 88.4 Å². The van der Waals surface area contributed by atoms with E-state index in [-0.39, 0.29) is 5.92 Å². The average molecular weight is 896 g/mol. The molecule has 11 aromatic carbocycles. The van der Waals surface area contributed by atoms with E-state index < -0.39 is 0 Å². The summed E-state index contributed by atoms with van der Waals surface area (Å²) in [5.41, 5.74) is 19.8. The Kier molecular flexibility index (Phi) is 10.2. The zero-order valence-corrected chi connectivity index (χ0v) is 38.2. The van der Waals surface area contributed by atoms with Crippen LogP contribution in [0.2, 0.25) is 0 Å². The van der Waals surface area contributed by atoms with Gasteiger partial charge in [-0.25, -0.2) is 0 Å². The van der Waals surface area contributed by atoms with Crippen molar-refractivity contribution in [2.24, 2.45) is 0 Å². The number of hydrogen-bond acceptors (Lipinski definition) is 3. The van der Waals surface area contributed by atoms with Gasteiger partial charge in [-0.15, -0.1) is 0 Å². The van der Waals surface area contributed by atoms with Gasteiger partial charge in [0.25, 0.3) is 0 Å². The van der Waals surface area contributed by atoms with E-state index in [0.29, 0.717) is 0 Å². The minimum absolute atomic E-state index is 0.0140. The smallest absolute Gasteiger partial charge is 0.159 e. The van der Waals surface area contributed by atoms with Gasteiger partial charge in [0.1, 0.15) is 16.7 Å². The summed E-state index contributed by atoms with van der Waals surface area (Å²) in [6, 6.07) is 95.3. The van der Waals surface area contributed by atoms with Gasteiger partial charge < -0.3 is 13.7 Å². The summed E-state index contributed by atoms with van der Waals surface area (Å²) in [6.45, 7) is 0. The van der Waals surface area contributed by atoms with Crippen LogP contribution < -0.4 is 4.90 Å². The largest absolute Gasteiger partial charge is 0.456 e. The van der Waals surface area contributed by atoms with Gasteiger partial charge in [0.2, 0.25) is 0 Å². The Morgan fingerprint density at radius 3 is 1.26 bits per heavy atom. The summed E-state index contributed by atoms with van der Waals surface area (Å²) in [6.07, 6.45) is 0. The molecule has 2 aromatic heterocycles. The van der Waals surface area contributed by atoms with Crippen LogP contribution in [0.15, 0.2) is 276 Å². The second-order valence-corrected chi connectivity index (χ2v) is 18.0. The maximum absolute atomic E-state index is 6.55. The molecule has 0 fully saturated rings. The SMILES string of the molecule is c1ccc(C(c2ccc(-c3ccc(-c4ccccc4-c4ccc(-c5ccc(N(c6ccccc6)c6cccc7c6oc6ccccc67)cc5)cc4)cc3)cc2)c2cccc3c2oc2ccccc23)cc1. The van der Waals surface area contributed by atoms with Crippen molar-refractivity contribution in [1.29, 1.82) is 0 Å². The monoisotopic (exact) mass is 895 g/mol. The molecule has 0 spiro atoms. The van der Waals surface area contributed by atoms with Crippen LogP contribution in [-0.2, 0) is 0 Å². The minimum Gasteiger partial charge on any atom is -0.456 e. The van der Waals surface area contributed by atoms with Gasteiger partial charge in [-0.2, -0.15) is 0 Å². The normalized spacial score (nSPS) is 11.9. The van der Waals surface area contributed by atoms with Crippen LogP contribution in [0, 0.1) is 0 Å². The van der Waals surface area contributed by atoms with Gasteiger partial charge >= 0.3 is 0 Å². The van der Waals surface area contributed by atoms with Gasteiger partial charge in [0.05, 0.1) is 5.69 Å². The molecular formula is C67H45NO2. The summed E-state index contributed by atoms with van der Waals surface area (Å²) in [5.74, 6) is 0.0140. The average Bonchev–Trinajstić information content (AvgIpc) is 4.02. The van der Waals surface area contributed by atoms with Crippen LogP contribution in [0.5, 0.6) is 0 Å². The lowest BCUT2D eigenvalue weighted by atomic mass is 9.84. The van der Waals surface area contributed by atoms with Gasteiger partial charge in [-0.3, -0.25) is 0 Å². The Labute approximate surface area is 406 Å². The van der Waals surface area contributed by atoms with Gasteiger partial charge in [0, 0.05) is 44.4 Å². The second kappa shape index (κ2) is 17.5. The fourth-order valence-corrected chi connectivity index (χ4v) is 10.4. The Morgan fingerprint density at radius 1 is 0.271 bits per heavy atom. The highest BCUT2D eigenvalue weighted by Crippen LogP contribution is 2.44. The van der Waals surface area contributed by atoms with E-state index in [1.54, 1.807) is 0 Å². The highest BCUT2D eigenvalue weighted by atomic mass is 16.3. The Hall–Kier alpha value is -9.18. The number of hydrogen-bond donors (Lipinski definition) is 0. The zero-order chi connectivity index (χ0) is 46.4. The van der Waals surface area contributed by atoms with Crippen molar-refractivity contribution in [2.75, 3.05) is 4.90 Å². The van der Waals surface area contributed by atoms with Crippen LogP contribution in [0.4, 0.5) is 17.1 Å². The van der Waals surface area contributed by atoms with Gasteiger partial charge in [0.15, 0.2) is 5.58 Å². The third-order valence-corrected chi connectivity index (χ3v) is 13.9. The Morgan fingerprint density at radius 2 is 0.671 bits per heavy atom. The molecule has 70 heavy (non-hydrogen) atoms. The fraction of sp³-hybridized carbons (Fsp3) is 0.0149. The number of rotatable bonds is 10. The first kappa shape index (κ1) is 41.0. The van der Waals surface area contributed by atoms with Gasteiger partial charge in [-0.1, -0.05) is 224 Å². The lowest BCUT2D eigenvalue weighted by Crippen LogP contribution is -2.10. The van der Waals surface area contributed by atoms with Crippen molar-refractivity contribution in [3.05, 3.63) is 284 Å². The number of anilines is 3. The highest BCUT2D eigenvalue weighted by Gasteiger charge is 2.23. The maximum atomic E-state index is 6.55. The molecule has 1 unspecified atom stereocenters. The fourth-order valence-electron chi connectivity index (χ4n) is 10.4. The molecule has 3 nitrogen and oxygen atoms in total. The lowest BCUT2D eigenvalue weighted by molar-refractivity contribution is 0.661. The number of para-hydroxylation sites is 5. The van der Waals surface area contributed by atoms with E-state index in [0.717, 1.165) is 72.1 Å². The molecule has 0 amide bonds. The summed E-state index contributed by atoms with van der Waals surface area (Å²) in [7, 11) is 0. The van der Waals surface area contributed by atoms with E-state index in [4.69, 9.17) is 8.83 Å². The molecule has 0 N–H and O–H groups in total. The molecule has 0 radical (unpaired) electrons. The molecule has 0 aliphatic carbocycles. The van der Waals surface area contributed by atoms with E-state index in [9.17, 15) is 0 Å². The number of furan rings is 2. The predicted octanol–water partition coefficient (Wildman–Crippen LogP) is 18.8. The predicted molar refractivity (Wildman–Crippen MR) is 291 cm³/mol. The van der Waals surface area contributed by atoms with E-state index in [1.165, 1.54) is 50.1 Å². The molecule has 0 bridgehead atoms. The van der Waals surface area contributed by atoms with Crippen LogP contribution >= 0.6 is 0 Å². The highest BCUT2D eigenvalue weighted by molar-refractivity contribution is 6.10. The molecule has 330 valence electrons. The van der Waals surface area contributed by atoms with Crippen molar-refractivity contribution in [3.8, 4) is 44.5 Å². The van der Waals surface area contributed by atoms with Crippen LogP contribution in [0.1, 0.15) is 22.6 Å². The standard InChI is InChI=1S/C67H45NO2/c1-3-15-51(16-4-1)65(61-25-13-23-59-57-21-9-11-27-63(57)69-66(59)61)52-39-33-47(34-40-52)45-29-35-49(36-30-45)55-19-7-8-20-56(55)50-37-31-46(32-38-50)48-41-43-54(44-42-48)68(53-17-5-2-6-18-53)62-26-14-24-60-58-22-10-12-28-64(58)70-67(60)62/h1-44,65H. The molecule has 13 aromatic rings. The molecule has 1 atom stereocenters. The minimum atomic E-state index is 0.0140. The molecule has 0 aliphatic rings.